The molecule has 1 aromatic heterocycles. The Bertz CT molecular complexity index is 618. The summed E-state index contributed by atoms with van der Waals surface area (Å²) in [6.07, 6.45) is 5.00. The lowest BCUT2D eigenvalue weighted by Gasteiger charge is -1.95. The minimum atomic E-state index is 0.890. The van der Waals surface area contributed by atoms with Gasteiger partial charge in [0, 0.05) is 21.4 Å². The number of hydrogen-bond acceptors (Lipinski definition) is 1. The van der Waals surface area contributed by atoms with E-state index in [1.165, 1.54) is 26.1 Å². The smallest absolute Gasteiger partial charge is 0.0444 e. The molecule has 0 spiro atoms. The summed E-state index contributed by atoms with van der Waals surface area (Å²) in [5.74, 6) is 6.19. The first-order valence-corrected chi connectivity index (χ1v) is 5.84. The zero-order valence-corrected chi connectivity index (χ0v) is 9.32. The van der Waals surface area contributed by atoms with Gasteiger partial charge in [0.25, 0.3) is 0 Å². The number of benzene rings is 1. The quantitative estimate of drug-likeness (QED) is 0.580. The lowest BCUT2D eigenvalue weighted by molar-refractivity contribution is 1.41. The summed E-state index contributed by atoms with van der Waals surface area (Å²) < 4.78 is 1.41. The molecular weight excluding hydrogens is 200 g/mol. The van der Waals surface area contributed by atoms with Crippen molar-refractivity contribution in [3.63, 3.8) is 0 Å². The van der Waals surface area contributed by atoms with Gasteiger partial charge in [0.15, 0.2) is 0 Å². The third-order valence-electron chi connectivity index (χ3n) is 2.71. The number of thiophene rings is 1. The van der Waals surface area contributed by atoms with Crippen molar-refractivity contribution in [2.24, 2.45) is 0 Å². The van der Waals surface area contributed by atoms with Crippen molar-refractivity contribution in [2.75, 3.05) is 0 Å². The molecule has 1 heteroatoms. The van der Waals surface area contributed by atoms with Gasteiger partial charge >= 0.3 is 0 Å². The Labute approximate surface area is 93.2 Å². The molecule has 0 saturated carbocycles. The molecule has 0 nitrogen and oxygen atoms in total. The van der Waals surface area contributed by atoms with E-state index in [-0.39, 0.29) is 0 Å². The van der Waals surface area contributed by atoms with Gasteiger partial charge in [-0.25, -0.2) is 0 Å². The second kappa shape index (κ2) is 3.25. The maximum Gasteiger partial charge on any atom is 0.0444 e. The summed E-state index contributed by atoms with van der Waals surface area (Å²) in [5, 5.41) is 1.37. The van der Waals surface area contributed by atoms with Crippen molar-refractivity contribution in [3.05, 3.63) is 40.3 Å². The maximum absolute atomic E-state index is 3.16. The van der Waals surface area contributed by atoms with E-state index >= 15 is 0 Å². The van der Waals surface area contributed by atoms with Crippen LogP contribution < -0.4 is 0 Å². The Morgan fingerprint density at radius 3 is 3.20 bits per heavy atom. The van der Waals surface area contributed by atoms with Gasteiger partial charge in [-0.1, -0.05) is 30.0 Å². The van der Waals surface area contributed by atoms with Crippen molar-refractivity contribution >= 4 is 27.5 Å². The number of hydrogen-bond donors (Lipinski definition) is 0. The van der Waals surface area contributed by atoms with Crippen molar-refractivity contribution in [1.82, 2.24) is 0 Å². The van der Waals surface area contributed by atoms with Crippen LogP contribution >= 0.6 is 11.3 Å². The van der Waals surface area contributed by atoms with Gasteiger partial charge in [-0.3, -0.25) is 0 Å². The van der Waals surface area contributed by atoms with Crippen LogP contribution in [0.3, 0.4) is 0 Å². The Hall–Kier alpha value is -1.52. The highest BCUT2D eigenvalue weighted by Gasteiger charge is 2.10. The predicted octanol–water partition coefficient (Wildman–Crippen LogP) is 3.78. The van der Waals surface area contributed by atoms with E-state index in [1.807, 2.05) is 17.4 Å². The fourth-order valence-corrected chi connectivity index (χ4v) is 3.15. The van der Waals surface area contributed by atoms with Gasteiger partial charge in [0.1, 0.15) is 0 Å². The minimum absolute atomic E-state index is 0.890. The summed E-state index contributed by atoms with van der Waals surface area (Å²) in [7, 11) is 0. The standard InChI is InChI=1S/C14H10S/c1-10-6-5-8-12-11-7-3-2-4-9-13(11)15-14(10)12/h3,5-8H,9H2,1H3. The zero-order chi connectivity index (χ0) is 10.3. The van der Waals surface area contributed by atoms with E-state index in [0.29, 0.717) is 0 Å². The zero-order valence-electron chi connectivity index (χ0n) is 8.50. The lowest BCUT2D eigenvalue weighted by Crippen LogP contribution is -1.77. The van der Waals surface area contributed by atoms with E-state index in [0.717, 1.165) is 6.42 Å². The molecule has 0 saturated heterocycles. The molecule has 0 unspecified atom stereocenters. The Morgan fingerprint density at radius 2 is 2.27 bits per heavy atom. The van der Waals surface area contributed by atoms with Crippen molar-refractivity contribution in [1.29, 1.82) is 0 Å². The highest BCUT2D eigenvalue weighted by molar-refractivity contribution is 7.19. The molecule has 15 heavy (non-hydrogen) atoms. The number of rotatable bonds is 0. The third-order valence-corrected chi connectivity index (χ3v) is 4.07. The van der Waals surface area contributed by atoms with Gasteiger partial charge in [-0.15, -0.1) is 11.3 Å². The molecule has 1 aromatic carbocycles. The Balaban J connectivity index is 2.40. The molecule has 2 aromatic rings. The summed E-state index contributed by atoms with van der Waals surface area (Å²) in [6.45, 7) is 2.17. The van der Waals surface area contributed by atoms with Crippen LogP contribution in [0.15, 0.2) is 24.3 Å². The first kappa shape index (κ1) is 8.76. The van der Waals surface area contributed by atoms with Gasteiger partial charge < -0.3 is 0 Å². The van der Waals surface area contributed by atoms with Crippen molar-refractivity contribution in [2.45, 2.75) is 13.3 Å². The molecule has 1 aliphatic carbocycles. The van der Waals surface area contributed by atoms with Crippen LogP contribution in [-0.2, 0) is 6.42 Å². The summed E-state index contributed by atoms with van der Waals surface area (Å²) >= 11 is 1.89. The lowest BCUT2D eigenvalue weighted by atomic mass is 10.1. The number of fused-ring (bicyclic) bond motifs is 3. The molecule has 0 bridgehead atoms. The molecule has 0 N–H and O–H groups in total. The van der Waals surface area contributed by atoms with E-state index < -0.39 is 0 Å². The second-order valence-electron chi connectivity index (χ2n) is 3.72. The molecule has 72 valence electrons. The monoisotopic (exact) mass is 210 g/mol. The van der Waals surface area contributed by atoms with Crippen LogP contribution in [-0.4, -0.2) is 0 Å². The van der Waals surface area contributed by atoms with Crippen molar-refractivity contribution < 1.29 is 0 Å². The Morgan fingerprint density at radius 1 is 1.33 bits per heavy atom. The number of aryl methyl sites for hydroxylation is 1. The summed E-state index contributed by atoms with van der Waals surface area (Å²) in [6, 6.07) is 6.51. The van der Waals surface area contributed by atoms with Gasteiger partial charge in [-0.05, 0) is 30.2 Å². The van der Waals surface area contributed by atoms with E-state index in [1.54, 1.807) is 0 Å². The molecular formula is C14H10S. The maximum atomic E-state index is 3.16. The van der Waals surface area contributed by atoms with Gasteiger partial charge in [-0.2, -0.15) is 0 Å². The van der Waals surface area contributed by atoms with Crippen LogP contribution in [0.5, 0.6) is 0 Å². The average molecular weight is 210 g/mol. The summed E-state index contributed by atoms with van der Waals surface area (Å²) in [4.78, 5) is 1.40. The van der Waals surface area contributed by atoms with E-state index in [4.69, 9.17) is 0 Å². The van der Waals surface area contributed by atoms with Crippen LogP contribution in [0.2, 0.25) is 0 Å². The normalized spacial score (nSPS) is 13.1. The highest BCUT2D eigenvalue weighted by Crippen LogP contribution is 2.35. The van der Waals surface area contributed by atoms with Gasteiger partial charge in [0.05, 0.1) is 0 Å². The molecule has 0 fully saturated rings. The first-order chi connectivity index (χ1) is 7.36. The molecule has 0 atom stereocenters. The van der Waals surface area contributed by atoms with Crippen LogP contribution in [0.25, 0.3) is 16.2 Å². The fourth-order valence-electron chi connectivity index (χ4n) is 1.96. The van der Waals surface area contributed by atoms with Crippen LogP contribution in [0.4, 0.5) is 0 Å². The van der Waals surface area contributed by atoms with Crippen LogP contribution in [0.1, 0.15) is 16.0 Å². The SMILES string of the molecule is Cc1cccc2c3c(sc12)CC#CC=C3. The third kappa shape index (κ3) is 1.30. The summed E-state index contributed by atoms with van der Waals surface area (Å²) in [5.41, 5.74) is 2.73. The van der Waals surface area contributed by atoms with E-state index in [2.05, 4.69) is 43.0 Å². The van der Waals surface area contributed by atoms with Crippen LogP contribution in [0, 0.1) is 18.8 Å². The predicted molar refractivity (Wildman–Crippen MR) is 67.1 cm³/mol. The van der Waals surface area contributed by atoms with E-state index in [9.17, 15) is 0 Å². The molecule has 0 amide bonds. The molecule has 1 heterocycles. The molecule has 0 aliphatic heterocycles. The van der Waals surface area contributed by atoms with Gasteiger partial charge in [0.2, 0.25) is 0 Å². The fraction of sp³-hybridized carbons (Fsp3) is 0.143. The highest BCUT2D eigenvalue weighted by atomic mass is 32.1. The largest absolute Gasteiger partial charge is 0.138 e. The average Bonchev–Trinajstić information content (AvgIpc) is 2.45. The molecule has 1 aliphatic rings. The second-order valence-corrected chi connectivity index (χ2v) is 4.83. The first-order valence-electron chi connectivity index (χ1n) is 5.02. The van der Waals surface area contributed by atoms with Crippen molar-refractivity contribution in [3.8, 4) is 11.8 Å². The molecule has 0 radical (unpaired) electrons. The number of allylic oxidation sites excluding steroid dienone is 1. The Kier molecular flexibility index (Phi) is 1.90. The topological polar surface area (TPSA) is 0 Å². The minimum Gasteiger partial charge on any atom is -0.138 e. The molecule has 3 rings (SSSR count).